The van der Waals surface area contributed by atoms with Gasteiger partial charge in [0, 0.05) is 18.9 Å². The number of para-hydroxylation sites is 1. The molecule has 8 heteroatoms. The quantitative estimate of drug-likeness (QED) is 0.445. The summed E-state index contributed by atoms with van der Waals surface area (Å²) in [5.41, 5.74) is 6.76. The zero-order valence-electron chi connectivity index (χ0n) is 18.6. The highest BCUT2D eigenvalue weighted by Crippen LogP contribution is 2.37. The Bertz CT molecular complexity index is 1390. The number of hydrogen-bond donors (Lipinski definition) is 1. The summed E-state index contributed by atoms with van der Waals surface area (Å²) < 4.78 is 13.8. The minimum absolute atomic E-state index is 0.208. The number of likely N-dealkylation sites (tertiary alicyclic amines) is 1. The molecule has 1 amide bonds. The summed E-state index contributed by atoms with van der Waals surface area (Å²) in [6.45, 7) is 2.29. The fourth-order valence-electron chi connectivity index (χ4n) is 4.13. The first-order chi connectivity index (χ1) is 16.6. The largest absolute Gasteiger partial charge is 0.457 e. The first-order valence-electron chi connectivity index (χ1n) is 11.0. The molecule has 1 fully saturated rings. The second kappa shape index (κ2) is 9.16. The van der Waals surface area contributed by atoms with E-state index in [0.29, 0.717) is 41.1 Å². The lowest BCUT2D eigenvalue weighted by molar-refractivity contribution is -0.126. The summed E-state index contributed by atoms with van der Waals surface area (Å²) in [7, 11) is 0. The van der Waals surface area contributed by atoms with Crippen LogP contribution in [0.3, 0.4) is 0 Å². The molecule has 1 aliphatic rings. The van der Waals surface area contributed by atoms with Gasteiger partial charge in [-0.2, -0.15) is 4.98 Å². The fraction of sp³-hybridized carbons (Fsp3) is 0.192. The lowest BCUT2D eigenvalue weighted by Crippen LogP contribution is -2.30. The van der Waals surface area contributed by atoms with E-state index in [2.05, 4.69) is 16.8 Å². The summed E-state index contributed by atoms with van der Waals surface area (Å²) in [4.78, 5) is 23.2. The monoisotopic (exact) mass is 453 g/mol. The number of hydrogen-bond acceptors (Lipinski definition) is 6. The van der Waals surface area contributed by atoms with Crippen molar-refractivity contribution in [2.75, 3.05) is 12.3 Å². The molecule has 3 heterocycles. The number of carbonyl (C=O) groups excluding carboxylic acids is 1. The molecule has 0 spiro atoms. The number of aromatic nitrogens is 3. The average Bonchev–Trinajstić information content (AvgIpc) is 3.47. The van der Waals surface area contributed by atoms with Crippen molar-refractivity contribution in [2.45, 2.75) is 25.8 Å². The zero-order valence-corrected chi connectivity index (χ0v) is 18.6. The Hall–Kier alpha value is -4.51. The van der Waals surface area contributed by atoms with Gasteiger partial charge in [-0.05, 0) is 62.1 Å². The smallest absolute Gasteiger partial charge is 0.299 e. The SMILES string of the molecule is CC#CC(=O)N1CCC[C@H]1c1nc(Oc2ccc(Oc3ccccc3)cc2)c2c(N)nccn12. The highest BCUT2D eigenvalue weighted by molar-refractivity contribution is 5.94. The van der Waals surface area contributed by atoms with Crippen molar-refractivity contribution in [3.05, 3.63) is 72.8 Å². The minimum Gasteiger partial charge on any atom is -0.457 e. The summed E-state index contributed by atoms with van der Waals surface area (Å²) in [6, 6.07) is 16.6. The van der Waals surface area contributed by atoms with E-state index in [1.54, 1.807) is 36.4 Å². The molecular weight excluding hydrogens is 430 g/mol. The summed E-state index contributed by atoms with van der Waals surface area (Å²) >= 11 is 0. The molecule has 0 saturated carbocycles. The van der Waals surface area contributed by atoms with Crippen molar-refractivity contribution in [2.24, 2.45) is 0 Å². The van der Waals surface area contributed by atoms with Gasteiger partial charge in [0.15, 0.2) is 11.3 Å². The molecule has 0 bridgehead atoms. The van der Waals surface area contributed by atoms with Crippen LogP contribution in [0, 0.1) is 11.8 Å². The van der Waals surface area contributed by atoms with Crippen LogP contribution in [0.1, 0.15) is 31.6 Å². The Morgan fingerprint density at radius 2 is 1.76 bits per heavy atom. The number of ether oxygens (including phenoxy) is 2. The fourth-order valence-corrected chi connectivity index (χ4v) is 4.13. The third-order valence-electron chi connectivity index (χ3n) is 5.64. The summed E-state index contributed by atoms with van der Waals surface area (Å²) in [5.74, 6) is 8.43. The maximum absolute atomic E-state index is 12.5. The molecular formula is C26H23N5O3. The molecule has 170 valence electrons. The Morgan fingerprint density at radius 3 is 2.50 bits per heavy atom. The molecule has 1 atom stereocenters. The van der Waals surface area contributed by atoms with Crippen molar-refractivity contribution >= 4 is 17.2 Å². The van der Waals surface area contributed by atoms with Gasteiger partial charge in [0.2, 0.25) is 5.88 Å². The minimum atomic E-state index is -0.221. The Balaban J connectivity index is 1.45. The highest BCUT2D eigenvalue weighted by Gasteiger charge is 2.33. The highest BCUT2D eigenvalue weighted by atomic mass is 16.5. The van der Waals surface area contributed by atoms with E-state index in [1.165, 1.54) is 0 Å². The Morgan fingerprint density at radius 1 is 1.06 bits per heavy atom. The van der Waals surface area contributed by atoms with Crippen LogP contribution in [0.2, 0.25) is 0 Å². The lowest BCUT2D eigenvalue weighted by atomic mass is 10.2. The van der Waals surface area contributed by atoms with E-state index < -0.39 is 0 Å². The van der Waals surface area contributed by atoms with Gasteiger partial charge in [0.25, 0.3) is 5.91 Å². The van der Waals surface area contributed by atoms with Crippen LogP contribution >= 0.6 is 0 Å². The van der Waals surface area contributed by atoms with Crippen LogP contribution in [0.4, 0.5) is 5.82 Å². The second-order valence-electron chi connectivity index (χ2n) is 7.83. The first kappa shape index (κ1) is 21.3. The van der Waals surface area contributed by atoms with Crippen LogP contribution in [-0.4, -0.2) is 31.7 Å². The molecule has 0 radical (unpaired) electrons. The van der Waals surface area contributed by atoms with E-state index in [-0.39, 0.29) is 11.9 Å². The average molecular weight is 454 g/mol. The maximum atomic E-state index is 12.5. The Kier molecular flexibility index (Phi) is 5.75. The number of nitrogens with zero attached hydrogens (tertiary/aromatic N) is 4. The third kappa shape index (κ3) is 4.11. The molecule has 2 N–H and O–H groups in total. The molecule has 0 unspecified atom stereocenters. The van der Waals surface area contributed by atoms with Gasteiger partial charge in [-0.25, -0.2) is 4.98 Å². The predicted molar refractivity (Wildman–Crippen MR) is 128 cm³/mol. The molecule has 1 saturated heterocycles. The number of carbonyl (C=O) groups is 1. The summed E-state index contributed by atoms with van der Waals surface area (Å²) in [5, 5.41) is 0. The van der Waals surface area contributed by atoms with Crippen LogP contribution in [0.25, 0.3) is 5.52 Å². The van der Waals surface area contributed by atoms with Crippen molar-refractivity contribution in [3.63, 3.8) is 0 Å². The number of imidazole rings is 1. The predicted octanol–water partition coefficient (Wildman–Crippen LogP) is 4.58. The van der Waals surface area contributed by atoms with Gasteiger partial charge in [0.1, 0.15) is 23.1 Å². The van der Waals surface area contributed by atoms with Gasteiger partial charge in [-0.3, -0.25) is 9.20 Å². The zero-order chi connectivity index (χ0) is 23.5. The van der Waals surface area contributed by atoms with Crippen molar-refractivity contribution < 1.29 is 14.3 Å². The standard InChI is InChI=1S/C26H23N5O3/c1-2-7-22(32)30-16-6-10-21(30)25-29-26(23-24(27)28-15-17-31(23)25)34-20-13-11-19(12-14-20)33-18-8-4-3-5-9-18/h3-5,8-9,11-15,17,21H,6,10,16H2,1H3,(H2,27,28)/t21-/m0/s1. The first-order valence-corrected chi connectivity index (χ1v) is 11.0. The molecule has 2 aromatic heterocycles. The molecule has 5 rings (SSSR count). The normalized spacial score (nSPS) is 15.1. The molecule has 0 aliphatic carbocycles. The van der Waals surface area contributed by atoms with E-state index in [4.69, 9.17) is 20.2 Å². The van der Waals surface area contributed by atoms with Gasteiger partial charge in [0.05, 0.1) is 6.04 Å². The molecule has 2 aromatic carbocycles. The molecule has 8 nitrogen and oxygen atoms in total. The van der Waals surface area contributed by atoms with Gasteiger partial charge >= 0.3 is 0 Å². The van der Waals surface area contributed by atoms with E-state index in [9.17, 15) is 4.79 Å². The lowest BCUT2D eigenvalue weighted by Gasteiger charge is -2.21. The second-order valence-corrected chi connectivity index (χ2v) is 7.83. The number of fused-ring (bicyclic) bond motifs is 1. The van der Waals surface area contributed by atoms with Gasteiger partial charge in [-0.1, -0.05) is 24.1 Å². The number of nitrogen functional groups attached to an aromatic ring is 1. The maximum Gasteiger partial charge on any atom is 0.299 e. The van der Waals surface area contributed by atoms with Gasteiger partial charge < -0.3 is 20.1 Å². The van der Waals surface area contributed by atoms with Crippen LogP contribution in [0.5, 0.6) is 23.1 Å². The van der Waals surface area contributed by atoms with E-state index >= 15 is 0 Å². The van der Waals surface area contributed by atoms with Gasteiger partial charge in [-0.15, -0.1) is 0 Å². The molecule has 34 heavy (non-hydrogen) atoms. The third-order valence-corrected chi connectivity index (χ3v) is 5.64. The Labute approximate surface area is 197 Å². The van der Waals surface area contributed by atoms with Crippen LogP contribution < -0.4 is 15.2 Å². The number of nitrogens with two attached hydrogens (primary N) is 1. The molecule has 4 aromatic rings. The van der Waals surface area contributed by atoms with Crippen LogP contribution in [-0.2, 0) is 4.79 Å². The number of anilines is 1. The summed E-state index contributed by atoms with van der Waals surface area (Å²) in [6.07, 6.45) is 5.05. The molecule has 1 aliphatic heterocycles. The number of amides is 1. The topological polar surface area (TPSA) is 95.0 Å². The number of rotatable bonds is 5. The van der Waals surface area contributed by atoms with E-state index in [0.717, 1.165) is 18.6 Å². The van der Waals surface area contributed by atoms with Crippen molar-refractivity contribution in [1.29, 1.82) is 0 Å². The number of benzene rings is 2. The van der Waals surface area contributed by atoms with Crippen LogP contribution in [0.15, 0.2) is 67.0 Å². The van der Waals surface area contributed by atoms with Crippen molar-refractivity contribution in [3.8, 4) is 35.0 Å². The van der Waals surface area contributed by atoms with Crippen molar-refractivity contribution in [1.82, 2.24) is 19.3 Å². The van der Waals surface area contributed by atoms with E-state index in [1.807, 2.05) is 46.9 Å².